The third-order valence-corrected chi connectivity index (χ3v) is 3.65. The van der Waals surface area contributed by atoms with E-state index in [9.17, 15) is 9.59 Å². The first kappa shape index (κ1) is 17.2. The second-order valence-electron chi connectivity index (χ2n) is 5.38. The Kier molecular flexibility index (Phi) is 4.93. The smallest absolute Gasteiger partial charge is 0.322 e. The Labute approximate surface area is 148 Å². The number of fused-ring (bicyclic) bond motifs is 1. The summed E-state index contributed by atoms with van der Waals surface area (Å²) in [6.07, 6.45) is 1.46. The topological polar surface area (TPSA) is 113 Å². The molecular weight excluding hydrogens is 336 g/mol. The Morgan fingerprint density at radius 3 is 2.58 bits per heavy atom. The number of hydrogen-bond acceptors (Lipinski definition) is 6. The number of anilines is 2. The predicted molar refractivity (Wildman–Crippen MR) is 95.8 cm³/mol. The first-order chi connectivity index (χ1) is 12.6. The number of carbonyl (C=O) groups excluding carboxylic acids is 1. The van der Waals surface area contributed by atoms with Gasteiger partial charge in [0.1, 0.15) is 24.4 Å². The third-order valence-electron chi connectivity index (χ3n) is 3.65. The molecule has 0 radical (unpaired) electrons. The largest absolute Gasteiger partial charge is 0.497 e. The minimum atomic E-state index is -1.09. The normalized spacial score (nSPS) is 10.3. The van der Waals surface area contributed by atoms with Crippen LogP contribution < -0.4 is 15.4 Å². The zero-order chi connectivity index (χ0) is 18.5. The lowest BCUT2D eigenvalue weighted by Crippen LogP contribution is -2.29. The number of amides is 1. The number of aromatic nitrogens is 2. The van der Waals surface area contributed by atoms with E-state index in [4.69, 9.17) is 9.84 Å². The molecule has 1 amide bonds. The Hall–Kier alpha value is -3.68. The van der Waals surface area contributed by atoms with Crippen LogP contribution >= 0.6 is 0 Å². The summed E-state index contributed by atoms with van der Waals surface area (Å²) in [5, 5.41) is 14.9. The van der Waals surface area contributed by atoms with E-state index in [0.717, 1.165) is 16.6 Å². The van der Waals surface area contributed by atoms with Crippen molar-refractivity contribution in [3.8, 4) is 5.75 Å². The molecule has 8 nitrogen and oxygen atoms in total. The van der Waals surface area contributed by atoms with Crippen LogP contribution in [0.1, 0.15) is 10.4 Å². The summed E-state index contributed by atoms with van der Waals surface area (Å²) >= 11 is 0. The number of rotatable bonds is 6. The van der Waals surface area contributed by atoms with Gasteiger partial charge in [-0.3, -0.25) is 9.59 Å². The van der Waals surface area contributed by atoms with Gasteiger partial charge in [-0.2, -0.15) is 0 Å². The molecule has 2 aromatic carbocycles. The number of methoxy groups -OCH3 is 1. The van der Waals surface area contributed by atoms with Crippen LogP contribution in [0, 0.1) is 0 Å². The van der Waals surface area contributed by atoms with Crippen LogP contribution in [0.25, 0.3) is 10.9 Å². The molecule has 3 rings (SSSR count). The Bertz CT molecular complexity index is 957. The fourth-order valence-corrected chi connectivity index (χ4v) is 2.36. The lowest BCUT2D eigenvalue weighted by molar-refractivity contribution is -0.135. The number of carbonyl (C=O) groups is 2. The van der Waals surface area contributed by atoms with Crippen molar-refractivity contribution in [3.05, 3.63) is 54.4 Å². The van der Waals surface area contributed by atoms with E-state index in [1.807, 2.05) is 18.2 Å². The number of nitrogens with zero attached hydrogens (tertiary/aromatic N) is 2. The Morgan fingerprint density at radius 1 is 1.12 bits per heavy atom. The fourth-order valence-electron chi connectivity index (χ4n) is 2.36. The standard InChI is InChI=1S/C18H16N4O4/c1-26-13-6-7-14-15(8-13)20-10-21-17(14)22-12-4-2-11(3-5-12)18(25)19-9-16(23)24/h2-8,10H,9H2,1H3,(H,19,25)(H,23,24)(H,20,21,22). The molecule has 132 valence electrons. The molecule has 0 unspecified atom stereocenters. The van der Waals surface area contributed by atoms with Gasteiger partial charge in [-0.15, -0.1) is 0 Å². The summed E-state index contributed by atoms with van der Waals surface area (Å²) in [7, 11) is 1.59. The molecule has 3 aromatic rings. The highest BCUT2D eigenvalue weighted by atomic mass is 16.5. The van der Waals surface area contributed by atoms with Crippen molar-refractivity contribution in [2.75, 3.05) is 19.0 Å². The average Bonchev–Trinajstić information content (AvgIpc) is 2.66. The second kappa shape index (κ2) is 7.47. The van der Waals surface area contributed by atoms with Crippen LogP contribution in [-0.2, 0) is 4.79 Å². The molecule has 0 saturated carbocycles. The van der Waals surface area contributed by atoms with E-state index >= 15 is 0 Å². The fraction of sp³-hybridized carbons (Fsp3) is 0.111. The molecule has 1 heterocycles. The number of carboxylic acids is 1. The maximum absolute atomic E-state index is 11.8. The van der Waals surface area contributed by atoms with Gasteiger partial charge in [0.2, 0.25) is 0 Å². The van der Waals surface area contributed by atoms with E-state index in [1.54, 1.807) is 31.4 Å². The van der Waals surface area contributed by atoms with Gasteiger partial charge in [0.25, 0.3) is 5.91 Å². The van der Waals surface area contributed by atoms with Crippen molar-refractivity contribution in [2.45, 2.75) is 0 Å². The Balaban J connectivity index is 1.78. The van der Waals surface area contributed by atoms with Gasteiger partial charge in [0.15, 0.2) is 0 Å². The molecule has 0 bridgehead atoms. The highest BCUT2D eigenvalue weighted by Gasteiger charge is 2.08. The molecular formula is C18H16N4O4. The molecule has 1 aromatic heterocycles. The van der Waals surface area contributed by atoms with Crippen LogP contribution in [0.5, 0.6) is 5.75 Å². The number of hydrogen-bond donors (Lipinski definition) is 3. The van der Waals surface area contributed by atoms with Crippen molar-refractivity contribution >= 4 is 34.3 Å². The van der Waals surface area contributed by atoms with Gasteiger partial charge in [0, 0.05) is 22.7 Å². The van der Waals surface area contributed by atoms with E-state index in [-0.39, 0.29) is 0 Å². The van der Waals surface area contributed by atoms with Crippen molar-refractivity contribution in [3.63, 3.8) is 0 Å². The first-order valence-corrected chi connectivity index (χ1v) is 7.72. The summed E-state index contributed by atoms with van der Waals surface area (Å²) in [4.78, 5) is 30.8. The van der Waals surface area contributed by atoms with Gasteiger partial charge >= 0.3 is 5.97 Å². The van der Waals surface area contributed by atoms with Gasteiger partial charge < -0.3 is 20.5 Å². The number of carboxylic acid groups (broad SMARTS) is 1. The summed E-state index contributed by atoms with van der Waals surface area (Å²) in [5.41, 5.74) is 1.84. The van der Waals surface area contributed by atoms with Crippen LogP contribution in [0.3, 0.4) is 0 Å². The zero-order valence-electron chi connectivity index (χ0n) is 13.9. The van der Waals surface area contributed by atoms with Gasteiger partial charge in [-0.1, -0.05) is 0 Å². The van der Waals surface area contributed by atoms with Gasteiger partial charge in [-0.05, 0) is 36.4 Å². The molecule has 8 heteroatoms. The number of benzene rings is 2. The highest BCUT2D eigenvalue weighted by Crippen LogP contribution is 2.26. The zero-order valence-corrected chi connectivity index (χ0v) is 13.9. The molecule has 0 fully saturated rings. The molecule has 26 heavy (non-hydrogen) atoms. The third kappa shape index (κ3) is 3.86. The summed E-state index contributed by atoms with van der Waals surface area (Å²) < 4.78 is 5.20. The lowest BCUT2D eigenvalue weighted by atomic mass is 10.2. The van der Waals surface area contributed by atoms with Crippen molar-refractivity contribution < 1.29 is 19.4 Å². The highest BCUT2D eigenvalue weighted by molar-refractivity contribution is 5.96. The van der Waals surface area contributed by atoms with Crippen molar-refractivity contribution in [2.24, 2.45) is 0 Å². The monoisotopic (exact) mass is 352 g/mol. The Morgan fingerprint density at radius 2 is 1.88 bits per heavy atom. The SMILES string of the molecule is COc1ccc2c(Nc3ccc(C(=O)NCC(=O)O)cc3)ncnc2c1. The molecule has 0 aliphatic heterocycles. The van der Waals surface area contributed by atoms with Crippen LogP contribution in [-0.4, -0.2) is 40.6 Å². The average molecular weight is 352 g/mol. The maximum Gasteiger partial charge on any atom is 0.322 e. The molecule has 0 aliphatic carbocycles. The van der Waals surface area contributed by atoms with Crippen molar-refractivity contribution in [1.82, 2.24) is 15.3 Å². The lowest BCUT2D eigenvalue weighted by Gasteiger charge is -2.10. The number of ether oxygens (including phenoxy) is 1. The number of nitrogens with one attached hydrogen (secondary N) is 2. The van der Waals surface area contributed by atoms with E-state index < -0.39 is 18.4 Å². The minimum Gasteiger partial charge on any atom is -0.497 e. The summed E-state index contributed by atoms with van der Waals surface area (Å²) in [5.74, 6) is -0.206. The number of aliphatic carboxylic acids is 1. The predicted octanol–water partition coefficient (Wildman–Crippen LogP) is 2.20. The minimum absolute atomic E-state index is 0.370. The summed E-state index contributed by atoms with van der Waals surface area (Å²) in [6, 6.07) is 12.1. The molecule has 0 atom stereocenters. The first-order valence-electron chi connectivity index (χ1n) is 7.72. The molecule has 0 spiro atoms. The quantitative estimate of drug-likeness (QED) is 0.623. The van der Waals surface area contributed by atoms with E-state index in [2.05, 4.69) is 20.6 Å². The molecule has 3 N–H and O–H groups in total. The molecule has 0 saturated heterocycles. The van der Waals surface area contributed by atoms with E-state index in [1.165, 1.54) is 6.33 Å². The van der Waals surface area contributed by atoms with Crippen LogP contribution in [0.15, 0.2) is 48.8 Å². The molecule has 0 aliphatic rings. The van der Waals surface area contributed by atoms with Crippen LogP contribution in [0.4, 0.5) is 11.5 Å². The van der Waals surface area contributed by atoms with E-state index in [0.29, 0.717) is 17.1 Å². The van der Waals surface area contributed by atoms with Gasteiger partial charge in [0.05, 0.1) is 12.6 Å². The van der Waals surface area contributed by atoms with Crippen molar-refractivity contribution in [1.29, 1.82) is 0 Å². The van der Waals surface area contributed by atoms with Crippen LogP contribution in [0.2, 0.25) is 0 Å². The van der Waals surface area contributed by atoms with Gasteiger partial charge in [-0.25, -0.2) is 9.97 Å². The maximum atomic E-state index is 11.8. The second-order valence-corrected chi connectivity index (χ2v) is 5.38. The summed E-state index contributed by atoms with van der Waals surface area (Å²) in [6.45, 7) is -0.421.